The van der Waals surface area contributed by atoms with Crippen LogP contribution in [0.15, 0.2) is 23.6 Å². The summed E-state index contributed by atoms with van der Waals surface area (Å²) in [4.78, 5) is 0.870. The fourth-order valence-corrected chi connectivity index (χ4v) is 3.83. The van der Waals surface area contributed by atoms with E-state index in [1.54, 1.807) is 24.3 Å². The average Bonchev–Trinajstić information content (AvgIpc) is 2.81. The second-order valence-corrected chi connectivity index (χ2v) is 6.01. The van der Waals surface area contributed by atoms with Crippen molar-refractivity contribution in [2.75, 3.05) is 0 Å². The fourth-order valence-electron chi connectivity index (χ4n) is 1.88. The molecule has 96 valence electrons. The summed E-state index contributed by atoms with van der Waals surface area (Å²) in [5.74, 6) is -1.01. The van der Waals surface area contributed by atoms with E-state index >= 15 is 0 Å². The van der Waals surface area contributed by atoms with Gasteiger partial charge in [-0.15, -0.1) is 11.3 Å². The van der Waals surface area contributed by atoms with Crippen LogP contribution in [0.2, 0.25) is 0 Å². The van der Waals surface area contributed by atoms with Gasteiger partial charge in [0.15, 0.2) is 0 Å². The van der Waals surface area contributed by atoms with E-state index in [-0.39, 0.29) is 4.83 Å². The van der Waals surface area contributed by atoms with Crippen molar-refractivity contribution in [1.82, 2.24) is 0 Å². The molecule has 1 unspecified atom stereocenters. The molecule has 2 rings (SSSR count). The smallest absolute Gasteiger partial charge is 0.130 e. The summed E-state index contributed by atoms with van der Waals surface area (Å²) in [7, 11) is 0. The third-order valence-electron chi connectivity index (χ3n) is 2.94. The van der Waals surface area contributed by atoms with Crippen LogP contribution in [-0.4, -0.2) is 0 Å². The van der Waals surface area contributed by atoms with Gasteiger partial charge in [0.05, 0.1) is 4.83 Å². The molecule has 2 aromatic rings. The molecule has 1 aromatic heterocycles. The van der Waals surface area contributed by atoms with Crippen LogP contribution in [0.4, 0.5) is 8.78 Å². The maximum absolute atomic E-state index is 13.8. The summed E-state index contributed by atoms with van der Waals surface area (Å²) in [6.07, 6.45) is 0.905. The van der Waals surface area contributed by atoms with Gasteiger partial charge in [0, 0.05) is 16.5 Å². The fraction of sp³-hybridized carbons (Fsp3) is 0.286. The van der Waals surface area contributed by atoms with E-state index in [1.165, 1.54) is 5.56 Å². The summed E-state index contributed by atoms with van der Waals surface area (Å²) in [6.45, 7) is 3.71. The van der Waals surface area contributed by atoms with Gasteiger partial charge < -0.3 is 0 Å². The van der Waals surface area contributed by atoms with Crippen LogP contribution in [0, 0.1) is 18.6 Å². The van der Waals surface area contributed by atoms with Crippen molar-refractivity contribution in [2.24, 2.45) is 0 Å². The molecule has 0 aliphatic heterocycles. The Morgan fingerprint density at radius 3 is 2.67 bits per heavy atom. The number of aryl methyl sites for hydroxylation is 2. The summed E-state index contributed by atoms with van der Waals surface area (Å²) < 4.78 is 27.1. The van der Waals surface area contributed by atoms with Crippen molar-refractivity contribution in [1.29, 1.82) is 0 Å². The third kappa shape index (κ3) is 2.50. The SMILES string of the molecule is CCc1ccsc1C(Br)c1cc(C)c(F)cc1F. The molecule has 1 aromatic carbocycles. The van der Waals surface area contributed by atoms with Gasteiger partial charge in [0.2, 0.25) is 0 Å². The Balaban J connectivity index is 2.46. The normalized spacial score (nSPS) is 12.7. The molecular formula is C14H13BrF2S. The Bertz CT molecular complexity index is 563. The lowest BCUT2D eigenvalue weighted by Crippen LogP contribution is -1.99. The monoisotopic (exact) mass is 330 g/mol. The first kappa shape index (κ1) is 13.7. The molecule has 0 saturated heterocycles. The maximum Gasteiger partial charge on any atom is 0.130 e. The van der Waals surface area contributed by atoms with Crippen molar-refractivity contribution in [3.05, 3.63) is 56.8 Å². The highest BCUT2D eigenvalue weighted by Crippen LogP contribution is 2.38. The van der Waals surface area contributed by atoms with E-state index < -0.39 is 11.6 Å². The number of alkyl halides is 1. The van der Waals surface area contributed by atoms with E-state index in [0.29, 0.717) is 11.1 Å². The molecule has 0 N–H and O–H groups in total. The molecule has 0 aliphatic rings. The van der Waals surface area contributed by atoms with Crippen LogP contribution < -0.4 is 0 Å². The highest BCUT2D eigenvalue weighted by atomic mass is 79.9. The van der Waals surface area contributed by atoms with Gasteiger partial charge in [-0.3, -0.25) is 0 Å². The van der Waals surface area contributed by atoms with E-state index in [2.05, 4.69) is 22.9 Å². The van der Waals surface area contributed by atoms with Gasteiger partial charge in [-0.1, -0.05) is 22.9 Å². The molecule has 0 amide bonds. The van der Waals surface area contributed by atoms with Gasteiger partial charge in [-0.25, -0.2) is 8.78 Å². The highest BCUT2D eigenvalue weighted by molar-refractivity contribution is 9.09. The van der Waals surface area contributed by atoms with Crippen molar-refractivity contribution in [3.8, 4) is 0 Å². The maximum atomic E-state index is 13.8. The minimum atomic E-state index is -0.504. The molecule has 0 aliphatic carbocycles. The first-order valence-corrected chi connectivity index (χ1v) is 7.50. The minimum Gasteiger partial charge on any atom is -0.207 e. The number of hydrogen-bond donors (Lipinski definition) is 0. The van der Waals surface area contributed by atoms with Gasteiger partial charge in [-0.2, -0.15) is 0 Å². The van der Waals surface area contributed by atoms with Crippen LogP contribution in [-0.2, 0) is 6.42 Å². The minimum absolute atomic E-state index is 0.216. The van der Waals surface area contributed by atoms with Gasteiger partial charge in [0.1, 0.15) is 11.6 Å². The molecular weight excluding hydrogens is 318 g/mol. The largest absolute Gasteiger partial charge is 0.207 e. The average molecular weight is 331 g/mol. The van der Waals surface area contributed by atoms with Crippen LogP contribution in [0.5, 0.6) is 0 Å². The van der Waals surface area contributed by atoms with E-state index in [1.807, 2.05) is 11.4 Å². The van der Waals surface area contributed by atoms with Crippen LogP contribution >= 0.6 is 27.3 Å². The molecule has 0 bridgehead atoms. The predicted molar refractivity (Wildman–Crippen MR) is 75.6 cm³/mol. The van der Waals surface area contributed by atoms with Crippen molar-refractivity contribution in [3.63, 3.8) is 0 Å². The van der Waals surface area contributed by atoms with Crippen molar-refractivity contribution < 1.29 is 8.78 Å². The van der Waals surface area contributed by atoms with Crippen molar-refractivity contribution >= 4 is 27.3 Å². The summed E-state index contributed by atoms with van der Waals surface area (Å²) >= 11 is 5.11. The molecule has 1 heterocycles. The Hall–Kier alpha value is -0.740. The number of hydrogen-bond acceptors (Lipinski definition) is 1. The zero-order valence-electron chi connectivity index (χ0n) is 10.1. The van der Waals surface area contributed by atoms with Crippen molar-refractivity contribution in [2.45, 2.75) is 25.1 Å². The Morgan fingerprint density at radius 1 is 1.28 bits per heavy atom. The number of rotatable bonds is 3. The molecule has 1 atom stereocenters. The quantitative estimate of drug-likeness (QED) is 0.662. The second-order valence-electron chi connectivity index (χ2n) is 4.15. The van der Waals surface area contributed by atoms with E-state index in [9.17, 15) is 8.78 Å². The Morgan fingerprint density at radius 2 is 2.00 bits per heavy atom. The van der Waals surface area contributed by atoms with Crippen LogP contribution in [0.1, 0.15) is 33.3 Å². The summed E-state index contributed by atoms with van der Waals surface area (Å²) in [5, 5.41) is 2.00. The molecule has 0 nitrogen and oxygen atoms in total. The lowest BCUT2D eigenvalue weighted by molar-refractivity contribution is 0.569. The summed E-state index contributed by atoms with van der Waals surface area (Å²) in [6, 6.07) is 4.57. The molecule has 4 heteroatoms. The number of benzene rings is 1. The topological polar surface area (TPSA) is 0 Å². The lowest BCUT2D eigenvalue weighted by atomic mass is 10.0. The zero-order chi connectivity index (χ0) is 13.3. The molecule has 0 saturated carbocycles. The molecule has 0 spiro atoms. The molecule has 18 heavy (non-hydrogen) atoms. The first-order chi connectivity index (χ1) is 8.54. The zero-order valence-corrected chi connectivity index (χ0v) is 12.5. The van der Waals surface area contributed by atoms with Gasteiger partial charge in [-0.05, 0) is 42.0 Å². The number of halogens is 3. The number of thiophene rings is 1. The summed E-state index contributed by atoms with van der Waals surface area (Å²) in [5.41, 5.74) is 2.15. The molecule has 0 fully saturated rings. The van der Waals surface area contributed by atoms with Crippen LogP contribution in [0.25, 0.3) is 0 Å². The molecule has 0 radical (unpaired) electrons. The standard InChI is InChI=1S/C14H13BrF2S/c1-3-9-4-5-18-14(9)13(15)10-6-8(2)11(16)7-12(10)17/h4-7,13H,3H2,1-2H3. The highest BCUT2D eigenvalue weighted by Gasteiger charge is 2.20. The van der Waals surface area contributed by atoms with E-state index in [4.69, 9.17) is 0 Å². The lowest BCUT2D eigenvalue weighted by Gasteiger charge is -2.13. The third-order valence-corrected chi connectivity index (χ3v) is 5.22. The van der Waals surface area contributed by atoms with Crippen LogP contribution in [0.3, 0.4) is 0 Å². The predicted octanol–water partition coefficient (Wildman–Crippen LogP) is 5.38. The first-order valence-electron chi connectivity index (χ1n) is 5.70. The van der Waals surface area contributed by atoms with E-state index in [0.717, 1.165) is 17.4 Å². The van der Waals surface area contributed by atoms with Gasteiger partial charge in [0.25, 0.3) is 0 Å². The Labute approximate surface area is 118 Å². The Kier molecular flexibility index (Phi) is 4.17. The second kappa shape index (κ2) is 5.49. The van der Waals surface area contributed by atoms with Gasteiger partial charge >= 0.3 is 0 Å².